The van der Waals surface area contributed by atoms with Crippen LogP contribution in [0.1, 0.15) is 48.8 Å². The number of benzene rings is 2. The number of carbonyl (C=O) groups excluding carboxylic acids is 1. The predicted molar refractivity (Wildman–Crippen MR) is 115 cm³/mol. The van der Waals surface area contributed by atoms with Crippen molar-refractivity contribution in [1.29, 1.82) is 0 Å². The van der Waals surface area contributed by atoms with Crippen LogP contribution in [-0.4, -0.2) is 25.1 Å². The number of hydrogen-bond acceptors (Lipinski definition) is 3. The van der Waals surface area contributed by atoms with Crippen molar-refractivity contribution in [1.82, 2.24) is 5.32 Å². The van der Waals surface area contributed by atoms with E-state index in [1.807, 2.05) is 6.07 Å². The summed E-state index contributed by atoms with van der Waals surface area (Å²) in [6.45, 7) is 1.26. The van der Waals surface area contributed by atoms with Crippen molar-refractivity contribution in [3.05, 3.63) is 65.0 Å². The van der Waals surface area contributed by atoms with Gasteiger partial charge in [0.25, 0.3) is 0 Å². The summed E-state index contributed by atoms with van der Waals surface area (Å²) < 4.78 is 18.7. The minimum atomic E-state index is -0.296. The van der Waals surface area contributed by atoms with Gasteiger partial charge in [-0.25, -0.2) is 4.39 Å². The van der Waals surface area contributed by atoms with Crippen LogP contribution in [-0.2, 0) is 28.0 Å². The lowest BCUT2D eigenvalue weighted by molar-refractivity contribution is -0.121. The molecule has 2 N–H and O–H groups in total. The summed E-state index contributed by atoms with van der Waals surface area (Å²) in [7, 11) is 0. The number of hydrogen-bond donors (Lipinski definition) is 2. The van der Waals surface area contributed by atoms with Crippen LogP contribution < -0.4 is 10.6 Å². The molecule has 30 heavy (non-hydrogen) atoms. The maximum absolute atomic E-state index is 13.2. The summed E-state index contributed by atoms with van der Waals surface area (Å²) in [6, 6.07) is 13.3. The highest BCUT2D eigenvalue weighted by Gasteiger charge is 2.51. The highest BCUT2D eigenvalue weighted by atomic mass is 19.1. The molecule has 2 aromatic carbocycles. The van der Waals surface area contributed by atoms with Crippen LogP contribution in [0.25, 0.3) is 0 Å². The second-order valence-corrected chi connectivity index (χ2v) is 9.07. The number of ether oxygens (including phenoxy) is 1. The lowest BCUT2D eigenvalue weighted by Gasteiger charge is -2.56. The van der Waals surface area contributed by atoms with Gasteiger partial charge in [-0.1, -0.05) is 31.0 Å². The van der Waals surface area contributed by atoms with Crippen LogP contribution in [0.15, 0.2) is 42.5 Å². The van der Waals surface area contributed by atoms with Gasteiger partial charge in [-0.2, -0.15) is 0 Å². The number of anilines is 1. The molecule has 1 heterocycles. The largest absolute Gasteiger partial charge is 0.367 e. The van der Waals surface area contributed by atoms with Gasteiger partial charge in [-0.3, -0.25) is 4.79 Å². The lowest BCUT2D eigenvalue weighted by atomic mass is 9.53. The molecule has 0 spiro atoms. The van der Waals surface area contributed by atoms with E-state index in [0.29, 0.717) is 12.0 Å². The Bertz CT molecular complexity index is 942. The van der Waals surface area contributed by atoms with E-state index < -0.39 is 0 Å². The molecule has 1 aliphatic heterocycles. The molecule has 5 rings (SSSR count). The van der Waals surface area contributed by atoms with Gasteiger partial charge in [0.15, 0.2) is 0 Å². The Kier molecular flexibility index (Phi) is 5.34. The van der Waals surface area contributed by atoms with Crippen LogP contribution in [0.4, 0.5) is 10.1 Å². The monoisotopic (exact) mass is 408 g/mol. The molecule has 2 aromatic rings. The molecule has 2 aliphatic carbocycles. The fraction of sp³-hybridized carbons (Fsp3) is 0.480. The Labute approximate surface area is 177 Å². The maximum atomic E-state index is 13.2. The van der Waals surface area contributed by atoms with E-state index in [9.17, 15) is 9.18 Å². The second kappa shape index (κ2) is 8.12. The van der Waals surface area contributed by atoms with Crippen molar-refractivity contribution in [3.63, 3.8) is 0 Å². The van der Waals surface area contributed by atoms with Crippen LogP contribution >= 0.6 is 0 Å². The van der Waals surface area contributed by atoms with E-state index in [-0.39, 0.29) is 30.4 Å². The van der Waals surface area contributed by atoms with Gasteiger partial charge in [0, 0.05) is 17.1 Å². The molecule has 1 saturated heterocycles. The summed E-state index contributed by atoms with van der Waals surface area (Å²) in [5.41, 5.74) is 4.74. The molecule has 3 unspecified atom stereocenters. The van der Waals surface area contributed by atoms with Crippen LogP contribution in [0.3, 0.4) is 0 Å². The van der Waals surface area contributed by atoms with Gasteiger partial charge in [0.2, 0.25) is 5.91 Å². The van der Waals surface area contributed by atoms with Gasteiger partial charge in [-0.05, 0) is 79.1 Å². The zero-order valence-corrected chi connectivity index (χ0v) is 17.3. The lowest BCUT2D eigenvalue weighted by Crippen LogP contribution is -2.59. The van der Waals surface area contributed by atoms with E-state index >= 15 is 0 Å². The average molecular weight is 409 g/mol. The Balaban J connectivity index is 1.27. The first-order valence-electron chi connectivity index (χ1n) is 11.1. The Morgan fingerprint density at radius 3 is 3.03 bits per heavy atom. The minimum absolute atomic E-state index is 0.0483. The number of carbonyl (C=O) groups is 1. The molecule has 0 aromatic heterocycles. The third-order valence-electron chi connectivity index (χ3n) is 7.32. The molecule has 2 bridgehead atoms. The predicted octanol–water partition coefficient (Wildman–Crippen LogP) is 4.33. The molecule has 1 saturated carbocycles. The molecule has 5 heteroatoms. The van der Waals surface area contributed by atoms with Gasteiger partial charge >= 0.3 is 0 Å². The SMILES string of the molecule is O=C(COCc1cccc(F)c1)Nc1ccc2c(c1)C13CCCCC1C(C2)NCC3. The topological polar surface area (TPSA) is 50.4 Å². The number of fused-ring (bicyclic) bond motifs is 1. The van der Waals surface area contributed by atoms with Crippen LogP contribution in [0.2, 0.25) is 0 Å². The first kappa shape index (κ1) is 19.7. The number of amides is 1. The normalized spacial score (nSPS) is 27.1. The molecule has 2 fully saturated rings. The number of halogens is 1. The standard InChI is InChI=1S/C25H29FN2O2/c26-19-5-3-4-17(12-19)15-30-16-24(29)28-20-8-7-18-13-23-21-6-1-2-9-25(21,10-11-27-23)22(18)14-20/h3-5,7-8,12,14,21,23,27H,1-2,6,9-11,13,15-16H2,(H,28,29). The Morgan fingerprint density at radius 1 is 1.20 bits per heavy atom. The zero-order valence-electron chi connectivity index (χ0n) is 17.3. The molecule has 1 amide bonds. The summed E-state index contributed by atoms with van der Waals surface area (Å²) in [5, 5.41) is 6.76. The van der Waals surface area contributed by atoms with Crippen molar-refractivity contribution < 1.29 is 13.9 Å². The molecule has 0 radical (unpaired) electrons. The van der Waals surface area contributed by atoms with Crippen LogP contribution in [0.5, 0.6) is 0 Å². The Morgan fingerprint density at radius 2 is 2.13 bits per heavy atom. The summed E-state index contributed by atoms with van der Waals surface area (Å²) in [4.78, 5) is 12.4. The number of nitrogens with one attached hydrogen (secondary N) is 2. The van der Waals surface area contributed by atoms with Gasteiger partial charge in [0.05, 0.1) is 6.61 Å². The van der Waals surface area contributed by atoms with E-state index in [1.165, 1.54) is 55.4 Å². The van der Waals surface area contributed by atoms with Crippen molar-refractivity contribution in [3.8, 4) is 0 Å². The van der Waals surface area contributed by atoms with Crippen molar-refractivity contribution in [2.24, 2.45) is 5.92 Å². The van der Waals surface area contributed by atoms with Crippen molar-refractivity contribution in [2.45, 2.75) is 56.6 Å². The molecule has 3 aliphatic rings. The van der Waals surface area contributed by atoms with E-state index in [0.717, 1.165) is 24.2 Å². The Hall–Kier alpha value is -2.24. The molecule has 158 valence electrons. The minimum Gasteiger partial charge on any atom is -0.367 e. The molecule has 3 atom stereocenters. The summed E-state index contributed by atoms with van der Waals surface area (Å²) in [6.07, 6.45) is 7.48. The van der Waals surface area contributed by atoms with Gasteiger partial charge in [0.1, 0.15) is 12.4 Å². The first-order valence-corrected chi connectivity index (χ1v) is 11.1. The molecular weight excluding hydrogens is 379 g/mol. The maximum Gasteiger partial charge on any atom is 0.250 e. The second-order valence-electron chi connectivity index (χ2n) is 9.07. The quantitative estimate of drug-likeness (QED) is 0.774. The van der Waals surface area contributed by atoms with Crippen LogP contribution in [0, 0.1) is 11.7 Å². The fourth-order valence-corrected chi connectivity index (χ4v) is 6.09. The smallest absolute Gasteiger partial charge is 0.250 e. The van der Waals surface area contributed by atoms with E-state index in [1.54, 1.807) is 12.1 Å². The highest BCUT2D eigenvalue weighted by molar-refractivity contribution is 5.91. The summed E-state index contributed by atoms with van der Waals surface area (Å²) in [5.74, 6) is 0.242. The molecular formula is C25H29FN2O2. The highest BCUT2D eigenvalue weighted by Crippen LogP contribution is 2.54. The zero-order chi connectivity index (χ0) is 20.6. The van der Waals surface area contributed by atoms with Gasteiger partial charge in [-0.15, -0.1) is 0 Å². The number of piperidine rings is 1. The van der Waals surface area contributed by atoms with Gasteiger partial charge < -0.3 is 15.4 Å². The third-order valence-corrected chi connectivity index (χ3v) is 7.32. The van der Waals surface area contributed by atoms with E-state index in [4.69, 9.17) is 4.74 Å². The third kappa shape index (κ3) is 3.65. The average Bonchev–Trinajstić information content (AvgIpc) is 2.74. The summed E-state index contributed by atoms with van der Waals surface area (Å²) >= 11 is 0. The fourth-order valence-electron chi connectivity index (χ4n) is 6.09. The number of rotatable bonds is 5. The molecule has 4 nitrogen and oxygen atoms in total. The van der Waals surface area contributed by atoms with Crippen molar-refractivity contribution >= 4 is 11.6 Å². The van der Waals surface area contributed by atoms with Crippen molar-refractivity contribution in [2.75, 3.05) is 18.5 Å². The van der Waals surface area contributed by atoms with E-state index in [2.05, 4.69) is 22.8 Å². The first-order chi connectivity index (χ1) is 14.6.